The summed E-state index contributed by atoms with van der Waals surface area (Å²) in [5.41, 5.74) is 4.81. The van der Waals surface area contributed by atoms with E-state index in [-0.39, 0.29) is 5.91 Å². The van der Waals surface area contributed by atoms with Crippen LogP contribution in [-0.4, -0.2) is 59.9 Å². The maximum atomic E-state index is 13.4. The van der Waals surface area contributed by atoms with Gasteiger partial charge in [0.1, 0.15) is 0 Å². The number of carbonyl (C=O) groups excluding carboxylic acids is 1. The highest BCUT2D eigenvalue weighted by atomic mass is 16.2. The molecule has 0 spiro atoms. The summed E-state index contributed by atoms with van der Waals surface area (Å²) >= 11 is 0. The number of nitrogens with one attached hydrogen (secondary N) is 2. The lowest BCUT2D eigenvalue weighted by Gasteiger charge is -2.20. The first-order valence-electron chi connectivity index (χ1n) is 9.88. The molecule has 0 saturated heterocycles. The summed E-state index contributed by atoms with van der Waals surface area (Å²) in [7, 11) is 5.91. The molecule has 5 aromatic rings. The zero-order valence-corrected chi connectivity index (χ0v) is 16.9. The number of nitrogens with zero attached hydrogens (tertiary/aromatic N) is 2. The lowest BCUT2D eigenvalue weighted by atomic mass is 10.0. The first kappa shape index (κ1) is 17.8. The lowest BCUT2D eigenvalue weighted by molar-refractivity contribution is 0.0788. The van der Waals surface area contributed by atoms with Gasteiger partial charge in [0.2, 0.25) is 0 Å². The van der Waals surface area contributed by atoms with Gasteiger partial charge in [0.25, 0.3) is 5.91 Å². The Hall–Kier alpha value is -3.31. The second kappa shape index (κ2) is 6.64. The predicted octanol–water partition coefficient (Wildman–Crippen LogP) is 4.59. The molecule has 2 N–H and O–H groups in total. The number of aromatic nitrogens is 2. The van der Waals surface area contributed by atoms with Crippen LogP contribution in [0.1, 0.15) is 10.4 Å². The molecule has 2 heterocycles. The van der Waals surface area contributed by atoms with Gasteiger partial charge in [0, 0.05) is 52.7 Å². The third-order valence-electron chi connectivity index (χ3n) is 5.72. The highest BCUT2D eigenvalue weighted by Crippen LogP contribution is 2.37. The van der Waals surface area contributed by atoms with E-state index < -0.39 is 0 Å². The Balaban J connectivity index is 1.82. The molecule has 5 nitrogen and oxygen atoms in total. The normalized spacial score (nSPS) is 12.0. The molecule has 0 fully saturated rings. The molecule has 0 atom stereocenters. The number of benzene rings is 3. The smallest absolute Gasteiger partial charge is 0.255 e. The van der Waals surface area contributed by atoms with E-state index in [1.54, 1.807) is 4.90 Å². The van der Waals surface area contributed by atoms with Crippen molar-refractivity contribution in [2.45, 2.75) is 0 Å². The summed E-state index contributed by atoms with van der Waals surface area (Å²) in [6, 6.07) is 18.6. The second-order valence-corrected chi connectivity index (χ2v) is 7.97. The molecule has 0 unspecified atom stereocenters. The molecule has 5 heteroatoms. The van der Waals surface area contributed by atoms with Gasteiger partial charge < -0.3 is 19.8 Å². The minimum absolute atomic E-state index is 0.0376. The van der Waals surface area contributed by atoms with E-state index in [2.05, 4.69) is 39.1 Å². The summed E-state index contributed by atoms with van der Waals surface area (Å²) < 4.78 is 0. The number of likely N-dealkylation sites (N-methyl/N-ethyl adjacent to an activating group) is 2. The molecular weight excluding hydrogens is 360 g/mol. The van der Waals surface area contributed by atoms with Crippen LogP contribution in [0.25, 0.3) is 43.6 Å². The lowest BCUT2D eigenvalue weighted by Crippen LogP contribution is -2.33. The van der Waals surface area contributed by atoms with Gasteiger partial charge in [0.15, 0.2) is 0 Å². The quantitative estimate of drug-likeness (QED) is 0.476. The fourth-order valence-electron chi connectivity index (χ4n) is 4.16. The van der Waals surface area contributed by atoms with Gasteiger partial charge in [-0.25, -0.2) is 0 Å². The van der Waals surface area contributed by atoms with Crippen molar-refractivity contribution in [3.63, 3.8) is 0 Å². The molecule has 2 aromatic heterocycles. The molecule has 0 aliphatic rings. The van der Waals surface area contributed by atoms with Crippen LogP contribution in [0.4, 0.5) is 0 Å². The van der Waals surface area contributed by atoms with Crippen LogP contribution in [-0.2, 0) is 0 Å². The average molecular weight is 384 g/mol. The molecule has 0 bridgehead atoms. The zero-order chi connectivity index (χ0) is 20.1. The summed E-state index contributed by atoms with van der Waals surface area (Å²) in [5.74, 6) is 0.0376. The number of H-pyrrole nitrogens is 2. The van der Waals surface area contributed by atoms with E-state index in [4.69, 9.17) is 0 Å². The topological polar surface area (TPSA) is 55.1 Å². The second-order valence-electron chi connectivity index (χ2n) is 7.97. The molecule has 29 heavy (non-hydrogen) atoms. The SMILES string of the molecule is CN(C)CCN(C)C(=O)c1cc2c3ccccc3[nH]c2c2c1[nH]c1ccccc12. The fourth-order valence-corrected chi connectivity index (χ4v) is 4.16. The molecule has 0 radical (unpaired) electrons. The third-order valence-corrected chi connectivity index (χ3v) is 5.72. The van der Waals surface area contributed by atoms with Crippen molar-refractivity contribution in [1.82, 2.24) is 19.8 Å². The van der Waals surface area contributed by atoms with Crippen LogP contribution in [0.5, 0.6) is 0 Å². The Labute approximate surface area is 168 Å². The van der Waals surface area contributed by atoms with Gasteiger partial charge in [0.05, 0.1) is 16.6 Å². The van der Waals surface area contributed by atoms with E-state index >= 15 is 0 Å². The predicted molar refractivity (Wildman–Crippen MR) is 121 cm³/mol. The maximum Gasteiger partial charge on any atom is 0.255 e. The van der Waals surface area contributed by atoms with E-state index in [0.717, 1.165) is 55.7 Å². The molecule has 0 saturated carbocycles. The first-order valence-corrected chi connectivity index (χ1v) is 9.88. The van der Waals surface area contributed by atoms with Crippen molar-refractivity contribution >= 4 is 49.5 Å². The summed E-state index contributed by atoms with van der Waals surface area (Å²) in [5, 5.41) is 4.44. The fraction of sp³-hybridized carbons (Fsp3) is 0.208. The van der Waals surface area contributed by atoms with Crippen LogP contribution < -0.4 is 0 Å². The number of hydrogen-bond acceptors (Lipinski definition) is 2. The number of rotatable bonds is 4. The third kappa shape index (κ3) is 2.77. The highest BCUT2D eigenvalue weighted by molar-refractivity contribution is 6.28. The van der Waals surface area contributed by atoms with E-state index in [9.17, 15) is 4.79 Å². The molecule has 1 amide bonds. The van der Waals surface area contributed by atoms with E-state index in [0.29, 0.717) is 6.54 Å². The molecule has 0 aliphatic carbocycles. The summed E-state index contributed by atoms with van der Waals surface area (Å²) in [4.78, 5) is 24.4. The maximum absolute atomic E-state index is 13.4. The molecule has 5 rings (SSSR count). The van der Waals surface area contributed by atoms with Gasteiger partial charge in [-0.05, 0) is 32.3 Å². The molecule has 0 aliphatic heterocycles. The number of amides is 1. The van der Waals surface area contributed by atoms with Crippen molar-refractivity contribution < 1.29 is 4.79 Å². The highest BCUT2D eigenvalue weighted by Gasteiger charge is 2.21. The Morgan fingerprint density at radius 2 is 1.41 bits per heavy atom. The Morgan fingerprint density at radius 1 is 0.793 bits per heavy atom. The Kier molecular flexibility index (Phi) is 4.07. The standard InChI is InChI=1S/C24H24N4O/c1-27(2)12-13-28(3)24(29)18-14-17-15-8-4-6-10-19(15)25-22(17)21-16-9-5-7-11-20(16)26-23(18)21/h4-11,14,25-26H,12-13H2,1-3H3. The Morgan fingerprint density at radius 3 is 2.14 bits per heavy atom. The Bertz CT molecular complexity index is 1380. The number of carbonyl (C=O) groups is 1. The van der Waals surface area contributed by atoms with Gasteiger partial charge in [-0.1, -0.05) is 36.4 Å². The van der Waals surface area contributed by atoms with Crippen molar-refractivity contribution in [2.75, 3.05) is 34.2 Å². The van der Waals surface area contributed by atoms with Crippen LogP contribution in [0.15, 0.2) is 54.6 Å². The van der Waals surface area contributed by atoms with Crippen LogP contribution in [0.3, 0.4) is 0 Å². The van der Waals surface area contributed by atoms with E-state index in [1.807, 2.05) is 51.5 Å². The monoisotopic (exact) mass is 384 g/mol. The van der Waals surface area contributed by atoms with Crippen LogP contribution in [0, 0.1) is 0 Å². The van der Waals surface area contributed by atoms with Gasteiger partial charge in [-0.3, -0.25) is 4.79 Å². The van der Waals surface area contributed by atoms with Crippen LogP contribution in [0.2, 0.25) is 0 Å². The zero-order valence-electron chi connectivity index (χ0n) is 16.9. The van der Waals surface area contributed by atoms with Crippen molar-refractivity contribution in [1.29, 1.82) is 0 Å². The van der Waals surface area contributed by atoms with Crippen molar-refractivity contribution in [3.05, 3.63) is 60.2 Å². The van der Waals surface area contributed by atoms with Crippen molar-refractivity contribution in [3.8, 4) is 0 Å². The summed E-state index contributed by atoms with van der Waals surface area (Å²) in [6.45, 7) is 1.51. The summed E-state index contributed by atoms with van der Waals surface area (Å²) in [6.07, 6.45) is 0. The molecule has 146 valence electrons. The van der Waals surface area contributed by atoms with E-state index in [1.165, 1.54) is 0 Å². The van der Waals surface area contributed by atoms with Gasteiger partial charge >= 0.3 is 0 Å². The minimum atomic E-state index is 0.0376. The van der Waals surface area contributed by atoms with Gasteiger partial charge in [-0.2, -0.15) is 0 Å². The number of fused-ring (bicyclic) bond motifs is 7. The molecule has 3 aromatic carbocycles. The largest absolute Gasteiger partial charge is 0.354 e. The minimum Gasteiger partial charge on any atom is -0.354 e. The molecular formula is C24H24N4O. The first-order chi connectivity index (χ1) is 14.0. The number of aromatic amines is 2. The number of para-hydroxylation sites is 2. The average Bonchev–Trinajstić information content (AvgIpc) is 3.29. The number of hydrogen-bond donors (Lipinski definition) is 2. The van der Waals surface area contributed by atoms with Gasteiger partial charge in [-0.15, -0.1) is 0 Å². The van der Waals surface area contributed by atoms with Crippen LogP contribution >= 0.6 is 0 Å². The van der Waals surface area contributed by atoms with Crippen molar-refractivity contribution in [2.24, 2.45) is 0 Å².